The molecule has 1 N–H and O–H groups in total. The topological polar surface area (TPSA) is 96.7 Å². The zero-order valence-corrected chi connectivity index (χ0v) is 21.5. The molecule has 0 spiro atoms. The van der Waals surface area contributed by atoms with Gasteiger partial charge in [-0.1, -0.05) is 6.07 Å². The van der Waals surface area contributed by atoms with Gasteiger partial charge in [0.25, 0.3) is 0 Å². The van der Waals surface area contributed by atoms with Crippen molar-refractivity contribution in [1.29, 1.82) is 0 Å². The maximum Gasteiger partial charge on any atom is 0.212 e. The predicted octanol–water partition coefficient (Wildman–Crippen LogP) is 3.93. The van der Waals surface area contributed by atoms with Crippen LogP contribution in [0.15, 0.2) is 55.1 Å². The molecule has 5 aromatic heterocycles. The van der Waals surface area contributed by atoms with Gasteiger partial charge in [-0.25, -0.2) is 14.5 Å². The van der Waals surface area contributed by atoms with E-state index < -0.39 is 0 Å². The summed E-state index contributed by atoms with van der Waals surface area (Å²) >= 11 is 0. The van der Waals surface area contributed by atoms with Crippen molar-refractivity contribution in [3.05, 3.63) is 60.7 Å². The van der Waals surface area contributed by atoms with Gasteiger partial charge < -0.3 is 14.4 Å². The average molecular weight is 511 g/mol. The molecule has 3 fully saturated rings. The first-order chi connectivity index (χ1) is 18.7. The lowest BCUT2D eigenvalue weighted by Gasteiger charge is -2.52. The number of hydrogen-bond donors (Lipinski definition) is 1. The lowest BCUT2D eigenvalue weighted by atomic mass is 9.90. The number of hydrogen-bond acceptors (Lipinski definition) is 8. The van der Waals surface area contributed by atoms with E-state index in [1.54, 1.807) is 7.11 Å². The highest BCUT2D eigenvalue weighted by atomic mass is 16.5. The van der Waals surface area contributed by atoms with E-state index in [4.69, 9.17) is 14.5 Å². The van der Waals surface area contributed by atoms with Crippen LogP contribution in [0.25, 0.3) is 27.7 Å². The van der Waals surface area contributed by atoms with Crippen molar-refractivity contribution in [1.82, 2.24) is 34.7 Å². The minimum atomic E-state index is 0.456. The molecule has 0 aliphatic carbocycles. The molecule has 0 aromatic carbocycles. The maximum absolute atomic E-state index is 5.84. The molecule has 3 aliphatic heterocycles. The SMILES string of the molecule is CCOc1cc(-c2ccc(N3CC4CCC3CN4Cc3ccc(OC)nc3)nc2)c2c3cn[nH]c3nn2c1. The van der Waals surface area contributed by atoms with Crippen molar-refractivity contribution in [2.24, 2.45) is 0 Å². The fourth-order valence-electron chi connectivity index (χ4n) is 5.97. The van der Waals surface area contributed by atoms with Crippen LogP contribution < -0.4 is 14.4 Å². The summed E-state index contributed by atoms with van der Waals surface area (Å²) in [5, 5.41) is 12.8. The molecule has 194 valence electrons. The van der Waals surface area contributed by atoms with Gasteiger partial charge in [0.15, 0.2) is 5.65 Å². The Labute approximate surface area is 220 Å². The molecule has 0 saturated carbocycles. The molecule has 0 amide bonds. The lowest BCUT2D eigenvalue weighted by Crippen LogP contribution is -2.62. The Morgan fingerprint density at radius 2 is 1.95 bits per heavy atom. The molecular weight excluding hydrogens is 480 g/mol. The van der Waals surface area contributed by atoms with Gasteiger partial charge in [0.2, 0.25) is 5.88 Å². The van der Waals surface area contributed by atoms with Gasteiger partial charge in [-0.3, -0.25) is 10.00 Å². The number of pyridine rings is 3. The number of nitrogens with zero attached hydrogens (tertiary/aromatic N) is 7. The Hall–Kier alpha value is -4.18. The normalized spacial score (nSPS) is 19.5. The van der Waals surface area contributed by atoms with Crippen LogP contribution in [-0.2, 0) is 6.54 Å². The van der Waals surface area contributed by atoms with Gasteiger partial charge >= 0.3 is 0 Å². The molecular formula is C28H30N8O2. The number of nitrogens with one attached hydrogen (secondary N) is 1. The van der Waals surface area contributed by atoms with Crippen molar-refractivity contribution in [2.45, 2.75) is 38.4 Å². The summed E-state index contributed by atoms with van der Waals surface area (Å²) in [6, 6.07) is 11.4. The molecule has 5 aromatic rings. The van der Waals surface area contributed by atoms with E-state index in [-0.39, 0.29) is 0 Å². The Kier molecular flexibility index (Phi) is 5.61. The number of aromatic amines is 1. The molecule has 10 heteroatoms. The smallest absolute Gasteiger partial charge is 0.212 e. The van der Waals surface area contributed by atoms with Crippen molar-refractivity contribution in [3.63, 3.8) is 0 Å². The van der Waals surface area contributed by atoms with Gasteiger partial charge in [-0.05, 0) is 43.5 Å². The molecule has 2 unspecified atom stereocenters. The van der Waals surface area contributed by atoms with Crippen LogP contribution in [-0.4, -0.2) is 73.6 Å². The minimum Gasteiger partial charge on any atom is -0.492 e. The lowest BCUT2D eigenvalue weighted by molar-refractivity contribution is 0.0884. The molecule has 38 heavy (non-hydrogen) atoms. The largest absolute Gasteiger partial charge is 0.492 e. The third-order valence-corrected chi connectivity index (χ3v) is 7.80. The van der Waals surface area contributed by atoms with Gasteiger partial charge in [-0.2, -0.15) is 5.10 Å². The second-order valence-electron chi connectivity index (χ2n) is 10.0. The Morgan fingerprint density at radius 1 is 1.03 bits per heavy atom. The highest BCUT2D eigenvalue weighted by Gasteiger charge is 2.39. The summed E-state index contributed by atoms with van der Waals surface area (Å²) in [6.07, 6.45) is 10.0. The second kappa shape index (κ2) is 9.29. The minimum absolute atomic E-state index is 0.456. The van der Waals surface area contributed by atoms with Crippen molar-refractivity contribution < 1.29 is 9.47 Å². The molecule has 0 radical (unpaired) electrons. The molecule has 3 aliphatic rings. The first kappa shape index (κ1) is 23.0. The van der Waals surface area contributed by atoms with Gasteiger partial charge in [0, 0.05) is 61.3 Å². The van der Waals surface area contributed by atoms with Crippen molar-refractivity contribution in [3.8, 4) is 22.8 Å². The zero-order valence-electron chi connectivity index (χ0n) is 21.5. The van der Waals surface area contributed by atoms with E-state index in [1.807, 2.05) is 42.3 Å². The summed E-state index contributed by atoms with van der Waals surface area (Å²) in [7, 11) is 1.65. The summed E-state index contributed by atoms with van der Waals surface area (Å²) in [6.45, 7) is 5.51. The highest BCUT2D eigenvalue weighted by molar-refractivity contribution is 6.00. The number of aromatic nitrogens is 6. The Morgan fingerprint density at radius 3 is 2.68 bits per heavy atom. The number of anilines is 1. The molecule has 2 atom stereocenters. The summed E-state index contributed by atoms with van der Waals surface area (Å²) in [4.78, 5) is 14.4. The second-order valence-corrected chi connectivity index (χ2v) is 10.0. The molecule has 3 saturated heterocycles. The van der Waals surface area contributed by atoms with Crippen LogP contribution in [0.2, 0.25) is 0 Å². The monoisotopic (exact) mass is 510 g/mol. The van der Waals surface area contributed by atoms with Crippen LogP contribution in [0.5, 0.6) is 11.6 Å². The standard InChI is InChI=1S/C28H30N8O2/c1-3-38-22-10-23(27-24-13-31-32-28(24)33-36(27)17-22)19-5-8-25(29-12-19)35-16-20-6-7-21(35)15-34(20)14-18-4-9-26(37-2)30-11-18/h4-5,8-13,17,20-21H,3,6-7,14-16H2,1-2H3,(H,32,33). The Balaban J connectivity index is 1.13. The van der Waals surface area contributed by atoms with E-state index in [1.165, 1.54) is 18.4 Å². The quantitative estimate of drug-likeness (QED) is 0.352. The molecule has 8 heterocycles. The zero-order chi connectivity index (χ0) is 25.6. The molecule has 8 rings (SSSR count). The van der Waals surface area contributed by atoms with E-state index in [0.717, 1.165) is 58.9 Å². The Bertz CT molecular complexity index is 1580. The predicted molar refractivity (Wildman–Crippen MR) is 145 cm³/mol. The van der Waals surface area contributed by atoms with Crippen LogP contribution in [0.4, 0.5) is 5.82 Å². The fraction of sp³-hybridized carbons (Fsp3) is 0.357. The van der Waals surface area contributed by atoms with Gasteiger partial charge in [-0.15, -0.1) is 5.10 Å². The summed E-state index contributed by atoms with van der Waals surface area (Å²) < 4.78 is 12.9. The average Bonchev–Trinajstić information content (AvgIpc) is 3.55. The third-order valence-electron chi connectivity index (χ3n) is 7.80. The number of piperazine rings is 1. The van der Waals surface area contributed by atoms with Crippen molar-refractivity contribution in [2.75, 3.05) is 31.7 Å². The molecule has 2 bridgehead atoms. The van der Waals surface area contributed by atoms with Crippen LogP contribution in [0.3, 0.4) is 0 Å². The number of piperidine rings is 2. The van der Waals surface area contributed by atoms with Gasteiger partial charge in [0.1, 0.15) is 11.6 Å². The summed E-state index contributed by atoms with van der Waals surface area (Å²) in [5.41, 5.74) is 5.02. The summed E-state index contributed by atoms with van der Waals surface area (Å²) in [5.74, 6) is 2.47. The number of ether oxygens (including phenoxy) is 2. The number of H-pyrrole nitrogens is 1. The first-order valence-electron chi connectivity index (χ1n) is 13.1. The molecule has 10 nitrogen and oxygen atoms in total. The number of methoxy groups -OCH3 is 1. The first-order valence-corrected chi connectivity index (χ1v) is 13.1. The highest BCUT2D eigenvalue weighted by Crippen LogP contribution is 2.36. The van der Waals surface area contributed by atoms with Crippen LogP contribution in [0, 0.1) is 0 Å². The van der Waals surface area contributed by atoms with E-state index in [9.17, 15) is 0 Å². The van der Waals surface area contributed by atoms with E-state index in [2.05, 4.69) is 54.3 Å². The third kappa shape index (κ3) is 3.92. The van der Waals surface area contributed by atoms with E-state index in [0.29, 0.717) is 24.6 Å². The number of rotatable bonds is 7. The van der Waals surface area contributed by atoms with Crippen molar-refractivity contribution >= 4 is 22.4 Å². The number of fused-ring (bicyclic) bond motifs is 6. The van der Waals surface area contributed by atoms with Crippen LogP contribution >= 0.6 is 0 Å². The van der Waals surface area contributed by atoms with Gasteiger partial charge in [0.05, 0.1) is 37.0 Å². The maximum atomic E-state index is 5.84. The fourth-order valence-corrected chi connectivity index (χ4v) is 5.97. The van der Waals surface area contributed by atoms with E-state index >= 15 is 0 Å². The van der Waals surface area contributed by atoms with Crippen LogP contribution in [0.1, 0.15) is 25.3 Å².